The predicted molar refractivity (Wildman–Crippen MR) is 87.1 cm³/mol. The Kier molecular flexibility index (Phi) is 6.19. The van der Waals surface area contributed by atoms with Gasteiger partial charge in [-0.3, -0.25) is 4.79 Å². The van der Waals surface area contributed by atoms with Crippen molar-refractivity contribution in [3.63, 3.8) is 0 Å². The van der Waals surface area contributed by atoms with Gasteiger partial charge in [0.15, 0.2) is 0 Å². The molecule has 124 valence electrons. The van der Waals surface area contributed by atoms with Crippen molar-refractivity contribution in [1.82, 2.24) is 5.32 Å². The number of hydrogen-bond acceptors (Lipinski definition) is 4. The number of amides is 1. The first-order valence-corrected chi connectivity index (χ1v) is 7.91. The lowest BCUT2D eigenvalue weighted by Gasteiger charge is -2.26. The molecule has 0 bridgehead atoms. The maximum absolute atomic E-state index is 12.4. The molecule has 0 saturated heterocycles. The number of carbonyl (C=O) groups excluding carboxylic acids is 2. The van der Waals surface area contributed by atoms with E-state index in [0.29, 0.717) is 29.5 Å². The summed E-state index contributed by atoms with van der Waals surface area (Å²) in [6, 6.07) is 7.18. The molecule has 0 aromatic heterocycles. The first-order valence-electron chi connectivity index (χ1n) is 7.54. The number of hydrogen-bond donors (Lipinski definition) is 1. The molecule has 1 aromatic carbocycles. The lowest BCUT2D eigenvalue weighted by atomic mass is 9.84. The van der Waals surface area contributed by atoms with E-state index in [1.54, 1.807) is 25.1 Å². The third-order valence-electron chi connectivity index (χ3n) is 3.60. The molecule has 1 aromatic rings. The number of benzene rings is 1. The molecule has 5 nitrogen and oxygen atoms in total. The first kappa shape index (κ1) is 17.5. The number of nitrogens with one attached hydrogen (secondary N) is 1. The summed E-state index contributed by atoms with van der Waals surface area (Å²) in [7, 11) is 0. The molecule has 0 spiro atoms. The van der Waals surface area contributed by atoms with Gasteiger partial charge in [0, 0.05) is 29.7 Å². The number of halogens is 1. The monoisotopic (exact) mass is 337 g/mol. The van der Waals surface area contributed by atoms with E-state index < -0.39 is 5.97 Å². The summed E-state index contributed by atoms with van der Waals surface area (Å²) < 4.78 is 10.4. The van der Waals surface area contributed by atoms with E-state index in [1.165, 1.54) is 0 Å². The Balaban J connectivity index is 2.22. The molecule has 0 fully saturated rings. The summed E-state index contributed by atoms with van der Waals surface area (Å²) in [4.78, 5) is 24.3. The van der Waals surface area contributed by atoms with E-state index in [1.807, 2.05) is 13.0 Å². The van der Waals surface area contributed by atoms with Crippen LogP contribution < -0.4 is 5.32 Å². The van der Waals surface area contributed by atoms with E-state index in [9.17, 15) is 9.59 Å². The minimum atomic E-state index is -0.438. The van der Waals surface area contributed by atoms with Crippen molar-refractivity contribution in [2.75, 3.05) is 19.8 Å². The van der Waals surface area contributed by atoms with Crippen LogP contribution in [-0.2, 0) is 19.1 Å². The third kappa shape index (κ3) is 4.56. The highest BCUT2D eigenvalue weighted by molar-refractivity contribution is 6.30. The van der Waals surface area contributed by atoms with Crippen molar-refractivity contribution in [2.45, 2.75) is 26.2 Å². The molecule has 0 unspecified atom stereocenters. The van der Waals surface area contributed by atoms with Crippen molar-refractivity contribution in [3.8, 4) is 0 Å². The predicted octanol–water partition coefficient (Wildman–Crippen LogP) is 2.80. The second kappa shape index (κ2) is 8.13. The van der Waals surface area contributed by atoms with Crippen LogP contribution in [-0.4, -0.2) is 31.7 Å². The van der Waals surface area contributed by atoms with Crippen LogP contribution in [0.2, 0.25) is 5.02 Å². The van der Waals surface area contributed by atoms with Gasteiger partial charge in [-0.2, -0.15) is 0 Å². The Morgan fingerprint density at radius 3 is 2.87 bits per heavy atom. The van der Waals surface area contributed by atoms with Gasteiger partial charge in [-0.15, -0.1) is 0 Å². The van der Waals surface area contributed by atoms with Crippen LogP contribution in [0.1, 0.15) is 31.7 Å². The summed E-state index contributed by atoms with van der Waals surface area (Å²) in [6.07, 6.45) is 0.188. The van der Waals surface area contributed by atoms with E-state index in [0.717, 1.165) is 5.56 Å². The highest BCUT2D eigenvalue weighted by Gasteiger charge is 2.32. The molecule has 0 saturated carbocycles. The van der Waals surface area contributed by atoms with Crippen LogP contribution in [0.3, 0.4) is 0 Å². The molecule has 0 aliphatic carbocycles. The van der Waals surface area contributed by atoms with E-state index in [2.05, 4.69) is 5.32 Å². The van der Waals surface area contributed by atoms with Crippen molar-refractivity contribution >= 4 is 23.5 Å². The summed E-state index contributed by atoms with van der Waals surface area (Å²) in [5, 5.41) is 3.27. The summed E-state index contributed by atoms with van der Waals surface area (Å²) in [6.45, 7) is 4.68. The standard InChI is InChI=1S/C17H20ClNO4/c1-3-22-7-8-23-17(21)16-11(2)19-15(20)10-14(16)12-5-4-6-13(18)9-12/h4-6,9,14H,3,7-8,10H2,1-2H3,(H,19,20)/t14-/m0/s1. The van der Waals surface area contributed by atoms with Crippen molar-refractivity contribution in [3.05, 3.63) is 46.1 Å². The zero-order chi connectivity index (χ0) is 16.8. The highest BCUT2D eigenvalue weighted by Crippen LogP contribution is 2.34. The number of ether oxygens (including phenoxy) is 2. The second-order valence-corrected chi connectivity index (χ2v) is 5.67. The van der Waals surface area contributed by atoms with E-state index in [-0.39, 0.29) is 24.9 Å². The third-order valence-corrected chi connectivity index (χ3v) is 3.84. The first-order chi connectivity index (χ1) is 11.0. The zero-order valence-electron chi connectivity index (χ0n) is 13.2. The van der Waals surface area contributed by atoms with Gasteiger partial charge in [-0.1, -0.05) is 23.7 Å². The molecule has 1 aliphatic heterocycles. The molecule has 2 rings (SSSR count). The molecule has 1 heterocycles. The van der Waals surface area contributed by atoms with Crippen molar-refractivity contribution < 1.29 is 19.1 Å². The average Bonchev–Trinajstić information content (AvgIpc) is 2.50. The molecule has 1 amide bonds. The Morgan fingerprint density at radius 2 is 2.17 bits per heavy atom. The highest BCUT2D eigenvalue weighted by atomic mass is 35.5. The molecule has 1 N–H and O–H groups in total. The second-order valence-electron chi connectivity index (χ2n) is 5.23. The van der Waals surface area contributed by atoms with Gasteiger partial charge in [-0.25, -0.2) is 4.79 Å². The van der Waals surface area contributed by atoms with Gasteiger partial charge in [-0.05, 0) is 31.5 Å². The smallest absolute Gasteiger partial charge is 0.336 e. The Morgan fingerprint density at radius 1 is 1.39 bits per heavy atom. The molecule has 0 radical (unpaired) electrons. The van der Waals surface area contributed by atoms with Gasteiger partial charge in [0.1, 0.15) is 6.61 Å². The van der Waals surface area contributed by atoms with E-state index >= 15 is 0 Å². The Hall–Kier alpha value is -1.85. The van der Waals surface area contributed by atoms with Crippen LogP contribution in [0.25, 0.3) is 0 Å². The number of esters is 1. The number of rotatable bonds is 6. The minimum Gasteiger partial charge on any atom is -0.460 e. The van der Waals surface area contributed by atoms with Crippen LogP contribution in [0, 0.1) is 0 Å². The molecular formula is C17H20ClNO4. The molecular weight excluding hydrogens is 318 g/mol. The molecule has 6 heteroatoms. The quantitative estimate of drug-likeness (QED) is 0.640. The van der Waals surface area contributed by atoms with Gasteiger partial charge in [0.05, 0.1) is 12.2 Å². The molecule has 23 heavy (non-hydrogen) atoms. The largest absolute Gasteiger partial charge is 0.460 e. The fourth-order valence-corrected chi connectivity index (χ4v) is 2.79. The summed E-state index contributed by atoms with van der Waals surface area (Å²) >= 11 is 6.03. The fourth-order valence-electron chi connectivity index (χ4n) is 2.59. The fraction of sp³-hybridized carbons (Fsp3) is 0.412. The number of allylic oxidation sites excluding steroid dienone is 1. The summed E-state index contributed by atoms with van der Waals surface area (Å²) in [5.74, 6) is -0.924. The zero-order valence-corrected chi connectivity index (χ0v) is 14.0. The summed E-state index contributed by atoms with van der Waals surface area (Å²) in [5.41, 5.74) is 1.81. The normalized spacial score (nSPS) is 17.9. The Bertz CT molecular complexity index is 627. The van der Waals surface area contributed by atoms with Crippen LogP contribution >= 0.6 is 11.6 Å². The van der Waals surface area contributed by atoms with Crippen molar-refractivity contribution in [2.24, 2.45) is 0 Å². The van der Waals surface area contributed by atoms with Crippen molar-refractivity contribution in [1.29, 1.82) is 0 Å². The SMILES string of the molecule is CCOCCOC(=O)C1=C(C)NC(=O)C[C@H]1c1cccc(Cl)c1. The lowest BCUT2D eigenvalue weighted by Crippen LogP contribution is -2.34. The lowest BCUT2D eigenvalue weighted by molar-refractivity contribution is -0.141. The number of carbonyl (C=O) groups is 2. The van der Waals surface area contributed by atoms with E-state index in [4.69, 9.17) is 21.1 Å². The van der Waals surface area contributed by atoms with Crippen LogP contribution in [0.5, 0.6) is 0 Å². The van der Waals surface area contributed by atoms with Crippen LogP contribution in [0.15, 0.2) is 35.5 Å². The maximum Gasteiger partial charge on any atom is 0.336 e. The van der Waals surface area contributed by atoms with Gasteiger partial charge in [0.25, 0.3) is 0 Å². The maximum atomic E-state index is 12.4. The molecule has 1 aliphatic rings. The Labute approximate surface area is 140 Å². The topological polar surface area (TPSA) is 64.6 Å². The van der Waals surface area contributed by atoms with Gasteiger partial charge < -0.3 is 14.8 Å². The van der Waals surface area contributed by atoms with Crippen LogP contribution in [0.4, 0.5) is 0 Å². The van der Waals surface area contributed by atoms with Gasteiger partial charge in [0.2, 0.25) is 5.91 Å². The van der Waals surface area contributed by atoms with Gasteiger partial charge >= 0.3 is 5.97 Å². The molecule has 1 atom stereocenters. The average molecular weight is 338 g/mol. The minimum absolute atomic E-state index is 0.127.